The minimum absolute atomic E-state index is 0.113. The van der Waals surface area contributed by atoms with Crippen LogP contribution in [0.3, 0.4) is 0 Å². The number of hydrogen-bond acceptors (Lipinski definition) is 8. The van der Waals surface area contributed by atoms with Crippen molar-refractivity contribution in [3.63, 3.8) is 0 Å². The van der Waals surface area contributed by atoms with E-state index in [2.05, 4.69) is 11.9 Å². The van der Waals surface area contributed by atoms with Crippen molar-refractivity contribution in [2.45, 2.75) is 39.2 Å². The lowest BCUT2D eigenvalue weighted by Crippen LogP contribution is -2.29. The minimum Gasteiger partial charge on any atom is -0.507 e. The summed E-state index contributed by atoms with van der Waals surface area (Å²) >= 11 is 1.08. The van der Waals surface area contributed by atoms with Crippen molar-refractivity contribution in [3.8, 4) is 17.2 Å². The highest BCUT2D eigenvalue weighted by atomic mass is 32.1. The number of thiazole rings is 1. The van der Waals surface area contributed by atoms with E-state index in [4.69, 9.17) is 14.2 Å². The molecule has 0 spiro atoms. The van der Waals surface area contributed by atoms with E-state index in [1.54, 1.807) is 42.5 Å². The second-order valence-electron chi connectivity index (χ2n) is 9.70. The molecule has 1 aromatic heterocycles. The molecule has 1 N–H and O–H groups in total. The maximum Gasteiger partial charge on any atom is 0.301 e. The summed E-state index contributed by atoms with van der Waals surface area (Å²) < 4.78 is 31.6. The minimum atomic E-state index is -1.05. The van der Waals surface area contributed by atoms with Crippen molar-refractivity contribution >= 4 is 44.1 Å². The number of ether oxygens (including phenoxy) is 3. The first-order valence-electron chi connectivity index (χ1n) is 13.8. The van der Waals surface area contributed by atoms with Crippen molar-refractivity contribution in [1.82, 2.24) is 4.98 Å². The lowest BCUT2D eigenvalue weighted by Gasteiger charge is -2.24. The first-order chi connectivity index (χ1) is 20.4. The highest BCUT2D eigenvalue weighted by molar-refractivity contribution is 7.22. The third-order valence-electron chi connectivity index (χ3n) is 6.92. The molecule has 5 rings (SSSR count). The van der Waals surface area contributed by atoms with Crippen LogP contribution < -0.4 is 19.1 Å². The summed E-state index contributed by atoms with van der Waals surface area (Å²) in [5.41, 5.74) is 1.19. The fraction of sp³-hybridized carbons (Fsp3) is 0.281. The Morgan fingerprint density at radius 1 is 1.02 bits per heavy atom. The molecule has 1 atom stereocenters. The third kappa shape index (κ3) is 5.67. The van der Waals surface area contributed by atoms with Crippen LogP contribution in [-0.4, -0.2) is 42.1 Å². The molecule has 2 heterocycles. The van der Waals surface area contributed by atoms with Gasteiger partial charge in [-0.25, -0.2) is 9.37 Å². The van der Waals surface area contributed by atoms with Crippen LogP contribution in [-0.2, 0) is 9.59 Å². The molecule has 1 fully saturated rings. The molecule has 1 aliphatic rings. The Hall–Kier alpha value is -4.44. The lowest BCUT2D eigenvalue weighted by atomic mass is 9.95. The van der Waals surface area contributed by atoms with Gasteiger partial charge in [0.25, 0.3) is 5.78 Å². The van der Waals surface area contributed by atoms with Crippen molar-refractivity contribution in [2.75, 3.05) is 25.2 Å². The predicted octanol–water partition coefficient (Wildman–Crippen LogP) is 7.04. The van der Waals surface area contributed by atoms with Gasteiger partial charge in [0.1, 0.15) is 17.3 Å². The van der Waals surface area contributed by atoms with E-state index in [9.17, 15) is 19.1 Å². The fourth-order valence-corrected chi connectivity index (χ4v) is 5.91. The normalized spacial score (nSPS) is 16.3. The van der Waals surface area contributed by atoms with Crippen LogP contribution in [0.2, 0.25) is 0 Å². The van der Waals surface area contributed by atoms with Gasteiger partial charge in [0.2, 0.25) is 0 Å². The topological polar surface area (TPSA) is 98.2 Å². The number of carbonyl (C=O) groups is 2. The SMILES string of the molecule is CCCCCOc1ccc(C2C(=C(O)c3cccc(OCC)c3)C(=O)C(=O)N2c2nc3ccc(F)cc3s2)cc1OC. The maximum absolute atomic E-state index is 14.0. The number of aliphatic hydroxyl groups excluding tert-OH is 1. The van der Waals surface area contributed by atoms with E-state index in [1.165, 1.54) is 30.2 Å². The van der Waals surface area contributed by atoms with Gasteiger partial charge in [-0.1, -0.05) is 49.3 Å². The number of benzene rings is 3. The molecule has 0 saturated carbocycles. The zero-order chi connectivity index (χ0) is 29.8. The summed E-state index contributed by atoms with van der Waals surface area (Å²) in [6.45, 7) is 4.88. The van der Waals surface area contributed by atoms with Crippen molar-refractivity contribution < 1.29 is 33.3 Å². The largest absolute Gasteiger partial charge is 0.507 e. The number of unbranched alkanes of at least 4 members (excludes halogenated alkanes) is 2. The summed E-state index contributed by atoms with van der Waals surface area (Å²) in [6, 6.07) is 14.9. The second-order valence-corrected chi connectivity index (χ2v) is 10.7. The van der Waals surface area contributed by atoms with E-state index in [0.717, 1.165) is 30.6 Å². The van der Waals surface area contributed by atoms with Crippen LogP contribution in [0.25, 0.3) is 16.0 Å². The van der Waals surface area contributed by atoms with Crippen LogP contribution in [0.5, 0.6) is 17.2 Å². The molecule has 1 unspecified atom stereocenters. The Morgan fingerprint density at radius 3 is 2.62 bits per heavy atom. The smallest absolute Gasteiger partial charge is 0.301 e. The molecule has 42 heavy (non-hydrogen) atoms. The average molecular weight is 591 g/mol. The first-order valence-corrected chi connectivity index (χ1v) is 14.6. The maximum atomic E-state index is 14.0. The lowest BCUT2D eigenvalue weighted by molar-refractivity contribution is -0.132. The summed E-state index contributed by atoms with van der Waals surface area (Å²) in [5, 5.41) is 11.7. The monoisotopic (exact) mass is 590 g/mol. The zero-order valence-corrected chi connectivity index (χ0v) is 24.4. The molecule has 10 heteroatoms. The Morgan fingerprint density at radius 2 is 1.86 bits per heavy atom. The van der Waals surface area contributed by atoms with Crippen molar-refractivity contribution in [1.29, 1.82) is 0 Å². The van der Waals surface area contributed by atoms with Gasteiger partial charge in [-0.3, -0.25) is 14.5 Å². The summed E-state index contributed by atoms with van der Waals surface area (Å²) in [7, 11) is 1.51. The van der Waals surface area contributed by atoms with E-state index in [-0.39, 0.29) is 16.5 Å². The molecular weight excluding hydrogens is 559 g/mol. The number of aromatic nitrogens is 1. The van der Waals surface area contributed by atoms with Gasteiger partial charge in [-0.2, -0.15) is 0 Å². The van der Waals surface area contributed by atoms with Gasteiger partial charge >= 0.3 is 5.91 Å². The van der Waals surface area contributed by atoms with Gasteiger partial charge < -0.3 is 19.3 Å². The molecule has 1 aliphatic heterocycles. The molecule has 218 valence electrons. The van der Waals surface area contributed by atoms with E-state index < -0.39 is 23.5 Å². The van der Waals surface area contributed by atoms with Crippen LogP contribution in [0.4, 0.5) is 9.52 Å². The molecular formula is C32H31FN2O6S. The Bertz CT molecular complexity index is 1670. The van der Waals surface area contributed by atoms with Gasteiger partial charge in [-0.05, 0) is 61.4 Å². The van der Waals surface area contributed by atoms with Crippen LogP contribution in [0.15, 0.2) is 66.2 Å². The van der Waals surface area contributed by atoms with Crippen molar-refractivity contribution in [3.05, 3.63) is 83.2 Å². The van der Waals surface area contributed by atoms with Gasteiger partial charge in [0.05, 0.1) is 42.2 Å². The highest BCUT2D eigenvalue weighted by Gasteiger charge is 2.48. The van der Waals surface area contributed by atoms with E-state index in [1.807, 2.05) is 6.92 Å². The number of amides is 1. The second kappa shape index (κ2) is 12.6. The number of nitrogens with zero attached hydrogens (tertiary/aromatic N) is 2. The number of rotatable bonds is 11. The molecule has 3 aromatic carbocycles. The molecule has 0 radical (unpaired) electrons. The molecule has 0 aliphatic carbocycles. The third-order valence-corrected chi connectivity index (χ3v) is 7.93. The average Bonchev–Trinajstić information content (AvgIpc) is 3.52. The summed E-state index contributed by atoms with van der Waals surface area (Å²) in [4.78, 5) is 33.0. The molecule has 8 nitrogen and oxygen atoms in total. The van der Waals surface area contributed by atoms with Gasteiger partial charge in [0, 0.05) is 5.56 Å². The van der Waals surface area contributed by atoms with E-state index >= 15 is 0 Å². The molecule has 1 saturated heterocycles. The van der Waals surface area contributed by atoms with E-state index in [0.29, 0.717) is 51.8 Å². The van der Waals surface area contributed by atoms with Crippen molar-refractivity contribution in [2.24, 2.45) is 0 Å². The predicted molar refractivity (Wildman–Crippen MR) is 160 cm³/mol. The molecule has 1 amide bonds. The summed E-state index contributed by atoms with van der Waals surface area (Å²) in [5.74, 6) is -1.08. The molecule has 4 aromatic rings. The number of fused-ring (bicyclic) bond motifs is 1. The Labute approximate surface area is 247 Å². The first kappa shape index (κ1) is 29.1. The Kier molecular flexibility index (Phi) is 8.72. The number of aliphatic hydroxyl groups is 1. The number of methoxy groups -OCH3 is 1. The van der Waals surface area contributed by atoms with Crippen LogP contribution >= 0.6 is 11.3 Å². The fourth-order valence-electron chi connectivity index (χ4n) is 4.90. The zero-order valence-electron chi connectivity index (χ0n) is 23.6. The van der Waals surface area contributed by atoms with Gasteiger partial charge in [-0.15, -0.1) is 0 Å². The number of Topliss-reactive ketones (excluding diaryl/α,β-unsaturated/α-hetero) is 1. The summed E-state index contributed by atoms with van der Waals surface area (Å²) in [6.07, 6.45) is 2.98. The number of anilines is 1. The van der Waals surface area contributed by atoms with Crippen LogP contribution in [0.1, 0.15) is 50.3 Å². The highest BCUT2D eigenvalue weighted by Crippen LogP contribution is 2.46. The number of halogens is 1. The number of hydrogen-bond donors (Lipinski definition) is 1. The van der Waals surface area contributed by atoms with Crippen LogP contribution in [0, 0.1) is 5.82 Å². The standard InChI is InChI=1S/C32H31FN2O6S/c1-4-6-7-15-41-24-14-11-19(17-25(24)39-3)28-27(29(36)20-9-8-10-22(16-20)40-5-2)30(37)31(38)35(28)32-34-23-13-12-21(33)18-26(23)42-32/h8-14,16-18,28,36H,4-7,15H2,1-3H3. The number of ketones is 1. The van der Waals surface area contributed by atoms with Gasteiger partial charge in [0.15, 0.2) is 16.6 Å². The number of carbonyl (C=O) groups excluding carboxylic acids is 2. The molecule has 0 bridgehead atoms. The Balaban J connectivity index is 1.65. The quantitative estimate of drug-likeness (QED) is 0.0866.